The summed E-state index contributed by atoms with van der Waals surface area (Å²) in [6.45, 7) is 2.21. The third-order valence-electron chi connectivity index (χ3n) is 4.30. The Kier molecular flexibility index (Phi) is 6.98. The summed E-state index contributed by atoms with van der Waals surface area (Å²) in [5.74, 6) is -1.22. The van der Waals surface area contributed by atoms with E-state index in [2.05, 4.69) is 6.92 Å². The Morgan fingerprint density at radius 2 is 1.62 bits per heavy atom. The number of aryl methyl sites for hydroxylation is 1. The van der Waals surface area contributed by atoms with Crippen LogP contribution in [0.25, 0.3) is 11.1 Å². The molecule has 0 amide bonds. The summed E-state index contributed by atoms with van der Waals surface area (Å²) in [5, 5.41) is 8.91. The lowest BCUT2D eigenvalue weighted by Gasteiger charge is -2.07. The van der Waals surface area contributed by atoms with Crippen molar-refractivity contribution in [3.05, 3.63) is 59.4 Å². The molecule has 0 spiro atoms. The Morgan fingerprint density at radius 1 is 0.958 bits per heavy atom. The number of carboxylic acids is 1. The van der Waals surface area contributed by atoms with Crippen LogP contribution in [0.4, 0.5) is 4.39 Å². The number of unbranched alkanes of at least 4 members (excludes halogenated alkanes) is 5. The molecule has 3 heteroatoms. The van der Waals surface area contributed by atoms with Crippen LogP contribution in [0.2, 0.25) is 0 Å². The van der Waals surface area contributed by atoms with Crippen LogP contribution in [-0.4, -0.2) is 11.1 Å². The Labute approximate surface area is 143 Å². The van der Waals surface area contributed by atoms with Crippen molar-refractivity contribution in [3.63, 3.8) is 0 Å². The summed E-state index contributed by atoms with van der Waals surface area (Å²) in [7, 11) is 0. The van der Waals surface area contributed by atoms with Crippen molar-refractivity contribution in [1.82, 2.24) is 0 Å². The van der Waals surface area contributed by atoms with Crippen LogP contribution in [0.15, 0.2) is 42.5 Å². The van der Waals surface area contributed by atoms with Gasteiger partial charge in [0.1, 0.15) is 5.82 Å². The number of carboxylic acid groups (broad SMARTS) is 1. The van der Waals surface area contributed by atoms with Gasteiger partial charge in [-0.3, -0.25) is 0 Å². The average molecular weight is 328 g/mol. The number of hydrogen-bond acceptors (Lipinski definition) is 1. The average Bonchev–Trinajstić information content (AvgIpc) is 2.58. The summed E-state index contributed by atoms with van der Waals surface area (Å²) < 4.78 is 14.4. The number of hydrogen-bond donors (Lipinski definition) is 1. The van der Waals surface area contributed by atoms with Crippen LogP contribution < -0.4 is 0 Å². The van der Waals surface area contributed by atoms with Crippen LogP contribution >= 0.6 is 0 Å². The predicted octanol–water partition coefficient (Wildman–Crippen LogP) is 6.09. The maximum atomic E-state index is 14.4. The molecule has 0 saturated heterocycles. The first-order valence-corrected chi connectivity index (χ1v) is 8.74. The molecule has 0 unspecified atom stereocenters. The van der Waals surface area contributed by atoms with E-state index in [9.17, 15) is 9.18 Å². The molecule has 2 aromatic rings. The molecular formula is C21H25FO2. The lowest BCUT2D eigenvalue weighted by atomic mass is 9.99. The van der Waals surface area contributed by atoms with E-state index in [0.717, 1.165) is 18.4 Å². The molecule has 0 aromatic heterocycles. The van der Waals surface area contributed by atoms with E-state index in [1.165, 1.54) is 44.2 Å². The second kappa shape index (κ2) is 9.21. The molecule has 0 fully saturated rings. The normalized spacial score (nSPS) is 10.8. The summed E-state index contributed by atoms with van der Waals surface area (Å²) >= 11 is 0. The molecule has 2 aromatic carbocycles. The fraction of sp³-hybridized carbons (Fsp3) is 0.381. The smallest absolute Gasteiger partial charge is 0.335 e. The molecule has 2 rings (SSSR count). The maximum absolute atomic E-state index is 14.4. The van der Waals surface area contributed by atoms with Gasteiger partial charge in [0.15, 0.2) is 0 Å². The van der Waals surface area contributed by atoms with Crippen molar-refractivity contribution in [2.24, 2.45) is 0 Å². The van der Waals surface area contributed by atoms with Gasteiger partial charge in [-0.1, -0.05) is 63.3 Å². The fourth-order valence-corrected chi connectivity index (χ4v) is 2.85. The molecule has 0 aliphatic heterocycles. The van der Waals surface area contributed by atoms with Gasteiger partial charge in [-0.25, -0.2) is 9.18 Å². The van der Waals surface area contributed by atoms with E-state index in [1.54, 1.807) is 24.3 Å². The summed E-state index contributed by atoms with van der Waals surface area (Å²) in [6.07, 6.45) is 8.28. The van der Waals surface area contributed by atoms with Crippen molar-refractivity contribution < 1.29 is 14.3 Å². The molecular weight excluding hydrogens is 303 g/mol. The van der Waals surface area contributed by atoms with E-state index >= 15 is 0 Å². The highest BCUT2D eigenvalue weighted by Crippen LogP contribution is 2.25. The monoisotopic (exact) mass is 328 g/mol. The van der Waals surface area contributed by atoms with E-state index in [0.29, 0.717) is 11.1 Å². The highest BCUT2D eigenvalue weighted by molar-refractivity contribution is 5.88. The zero-order chi connectivity index (χ0) is 17.4. The fourth-order valence-electron chi connectivity index (χ4n) is 2.85. The third-order valence-corrected chi connectivity index (χ3v) is 4.30. The SMILES string of the molecule is CCCCCCCCc1ccc(-c2ccc(C(=O)O)cc2)c(F)c1. The highest BCUT2D eigenvalue weighted by Gasteiger charge is 2.08. The quantitative estimate of drug-likeness (QED) is 0.565. The van der Waals surface area contributed by atoms with Gasteiger partial charge >= 0.3 is 5.97 Å². The molecule has 0 heterocycles. The van der Waals surface area contributed by atoms with E-state index in [-0.39, 0.29) is 11.4 Å². The van der Waals surface area contributed by atoms with Crippen LogP contribution in [0, 0.1) is 5.82 Å². The Bertz CT molecular complexity index is 662. The Hall–Kier alpha value is -2.16. The lowest BCUT2D eigenvalue weighted by molar-refractivity contribution is 0.0697. The molecule has 0 atom stereocenters. The lowest BCUT2D eigenvalue weighted by Crippen LogP contribution is -1.95. The summed E-state index contributed by atoms with van der Waals surface area (Å²) in [4.78, 5) is 10.9. The Balaban J connectivity index is 1.95. The van der Waals surface area contributed by atoms with Crippen LogP contribution in [0.5, 0.6) is 0 Å². The van der Waals surface area contributed by atoms with Gasteiger partial charge in [0, 0.05) is 5.56 Å². The van der Waals surface area contributed by atoms with Gasteiger partial charge in [0.25, 0.3) is 0 Å². The molecule has 0 aliphatic carbocycles. The third kappa shape index (κ3) is 5.19. The molecule has 24 heavy (non-hydrogen) atoms. The minimum Gasteiger partial charge on any atom is -0.478 e. The van der Waals surface area contributed by atoms with Crippen LogP contribution in [0.1, 0.15) is 61.4 Å². The zero-order valence-corrected chi connectivity index (χ0v) is 14.2. The van der Waals surface area contributed by atoms with Gasteiger partial charge in [0.2, 0.25) is 0 Å². The zero-order valence-electron chi connectivity index (χ0n) is 14.2. The van der Waals surface area contributed by atoms with Crippen molar-refractivity contribution in [2.75, 3.05) is 0 Å². The standard InChI is InChI=1S/C21H25FO2/c1-2-3-4-5-6-7-8-16-9-14-19(20(22)15-16)17-10-12-18(13-11-17)21(23)24/h9-15H,2-8H2,1H3,(H,23,24). The Morgan fingerprint density at radius 3 is 2.25 bits per heavy atom. The second-order valence-corrected chi connectivity index (χ2v) is 6.21. The number of rotatable bonds is 9. The number of aromatic carboxylic acids is 1. The molecule has 0 radical (unpaired) electrons. The first-order chi connectivity index (χ1) is 11.6. The van der Waals surface area contributed by atoms with Gasteiger partial charge in [-0.2, -0.15) is 0 Å². The topological polar surface area (TPSA) is 37.3 Å². The van der Waals surface area contributed by atoms with E-state index in [4.69, 9.17) is 5.11 Å². The minimum absolute atomic E-state index is 0.207. The first kappa shape index (κ1) is 18.2. The number of benzene rings is 2. The van der Waals surface area contributed by atoms with Crippen molar-refractivity contribution in [3.8, 4) is 11.1 Å². The van der Waals surface area contributed by atoms with Crippen LogP contribution in [-0.2, 0) is 6.42 Å². The largest absolute Gasteiger partial charge is 0.478 e. The molecule has 0 aliphatic rings. The maximum Gasteiger partial charge on any atom is 0.335 e. The molecule has 0 saturated carbocycles. The number of carbonyl (C=O) groups is 1. The minimum atomic E-state index is -0.976. The van der Waals surface area contributed by atoms with Crippen molar-refractivity contribution in [2.45, 2.75) is 51.9 Å². The summed E-state index contributed by atoms with van der Waals surface area (Å²) in [6, 6.07) is 11.7. The van der Waals surface area contributed by atoms with Gasteiger partial charge in [0.05, 0.1) is 5.56 Å². The van der Waals surface area contributed by atoms with Crippen LogP contribution in [0.3, 0.4) is 0 Å². The summed E-state index contributed by atoms with van der Waals surface area (Å²) in [5.41, 5.74) is 2.44. The molecule has 1 N–H and O–H groups in total. The van der Waals surface area contributed by atoms with E-state index in [1.807, 2.05) is 6.07 Å². The van der Waals surface area contributed by atoms with Gasteiger partial charge in [-0.15, -0.1) is 0 Å². The highest BCUT2D eigenvalue weighted by atomic mass is 19.1. The van der Waals surface area contributed by atoms with Gasteiger partial charge < -0.3 is 5.11 Å². The molecule has 2 nitrogen and oxygen atoms in total. The number of halogens is 1. The molecule has 128 valence electrons. The second-order valence-electron chi connectivity index (χ2n) is 6.21. The van der Waals surface area contributed by atoms with E-state index < -0.39 is 5.97 Å². The van der Waals surface area contributed by atoms with Crippen molar-refractivity contribution >= 4 is 5.97 Å². The molecule has 0 bridgehead atoms. The van der Waals surface area contributed by atoms with Gasteiger partial charge in [-0.05, 0) is 42.2 Å². The van der Waals surface area contributed by atoms with Crippen molar-refractivity contribution in [1.29, 1.82) is 0 Å². The first-order valence-electron chi connectivity index (χ1n) is 8.74. The predicted molar refractivity (Wildman–Crippen MR) is 95.9 cm³/mol.